The zero-order valence-corrected chi connectivity index (χ0v) is 13.2. The molecule has 0 heterocycles. The highest BCUT2D eigenvalue weighted by Gasteiger charge is 2.21. The number of hydrogen-bond donors (Lipinski definition) is 3. The molecule has 0 saturated heterocycles. The van der Waals surface area contributed by atoms with E-state index in [-0.39, 0.29) is 18.4 Å². The summed E-state index contributed by atoms with van der Waals surface area (Å²) in [6.45, 7) is 8.56. The maximum atomic E-state index is 11.8. The monoisotopic (exact) mass is 288 g/mol. The van der Waals surface area contributed by atoms with Crippen LogP contribution in [0.2, 0.25) is 0 Å². The molecule has 0 aliphatic carbocycles. The first kappa shape index (κ1) is 18.7. The minimum Gasteiger partial charge on any atom is -0.481 e. The van der Waals surface area contributed by atoms with E-state index in [9.17, 15) is 9.59 Å². The lowest BCUT2D eigenvalue weighted by molar-refractivity contribution is -0.138. The van der Waals surface area contributed by atoms with Gasteiger partial charge in [-0.2, -0.15) is 0 Å². The molecule has 20 heavy (non-hydrogen) atoms. The number of carboxylic acid groups (broad SMARTS) is 1. The molecule has 0 bridgehead atoms. The number of methoxy groups -OCH3 is 1. The van der Waals surface area contributed by atoms with Crippen molar-refractivity contribution in [2.75, 3.05) is 20.3 Å². The van der Waals surface area contributed by atoms with E-state index < -0.39 is 11.5 Å². The molecule has 0 rings (SSSR count). The van der Waals surface area contributed by atoms with Crippen molar-refractivity contribution >= 4 is 12.0 Å². The quantitative estimate of drug-likeness (QED) is 0.604. The van der Waals surface area contributed by atoms with Crippen LogP contribution in [-0.2, 0) is 9.53 Å². The van der Waals surface area contributed by atoms with E-state index >= 15 is 0 Å². The molecule has 6 heteroatoms. The van der Waals surface area contributed by atoms with Gasteiger partial charge in [-0.05, 0) is 32.1 Å². The number of urea groups is 1. The lowest BCUT2D eigenvalue weighted by Gasteiger charge is -2.26. The van der Waals surface area contributed by atoms with Crippen molar-refractivity contribution in [3.8, 4) is 0 Å². The summed E-state index contributed by atoms with van der Waals surface area (Å²) in [7, 11) is 1.58. The van der Waals surface area contributed by atoms with Crippen molar-refractivity contribution in [2.45, 2.75) is 46.1 Å². The number of carbonyl (C=O) groups excluding carboxylic acids is 1. The van der Waals surface area contributed by atoms with Crippen molar-refractivity contribution in [3.05, 3.63) is 0 Å². The number of amides is 2. The molecule has 0 aliphatic rings. The van der Waals surface area contributed by atoms with Gasteiger partial charge in [-0.3, -0.25) is 4.79 Å². The van der Waals surface area contributed by atoms with Crippen molar-refractivity contribution in [2.24, 2.45) is 11.8 Å². The number of nitrogens with one attached hydrogen (secondary N) is 2. The summed E-state index contributed by atoms with van der Waals surface area (Å²) in [4.78, 5) is 22.6. The van der Waals surface area contributed by atoms with E-state index in [1.165, 1.54) is 0 Å². The normalized spacial score (nSPS) is 13.1. The second-order valence-corrected chi connectivity index (χ2v) is 6.25. The molecule has 0 fully saturated rings. The average molecular weight is 288 g/mol. The summed E-state index contributed by atoms with van der Waals surface area (Å²) >= 11 is 0. The van der Waals surface area contributed by atoms with Crippen molar-refractivity contribution in [3.63, 3.8) is 0 Å². The molecule has 0 aromatic rings. The van der Waals surface area contributed by atoms with Crippen LogP contribution in [0.15, 0.2) is 0 Å². The van der Waals surface area contributed by atoms with Crippen LogP contribution >= 0.6 is 0 Å². The lowest BCUT2D eigenvalue weighted by Crippen LogP contribution is -2.51. The lowest BCUT2D eigenvalue weighted by atomic mass is 9.94. The zero-order valence-electron chi connectivity index (χ0n) is 13.2. The van der Waals surface area contributed by atoms with E-state index in [4.69, 9.17) is 9.84 Å². The minimum atomic E-state index is -0.836. The molecule has 0 aliphatic heterocycles. The number of carboxylic acids is 1. The van der Waals surface area contributed by atoms with Crippen molar-refractivity contribution in [1.29, 1.82) is 0 Å². The van der Waals surface area contributed by atoms with E-state index in [1.54, 1.807) is 7.11 Å². The fourth-order valence-electron chi connectivity index (χ4n) is 2.14. The van der Waals surface area contributed by atoms with Gasteiger partial charge in [-0.25, -0.2) is 4.79 Å². The van der Waals surface area contributed by atoms with Gasteiger partial charge in [0, 0.05) is 20.1 Å². The van der Waals surface area contributed by atoms with Gasteiger partial charge in [0.05, 0.1) is 12.1 Å². The second kappa shape index (κ2) is 8.79. The summed E-state index contributed by atoms with van der Waals surface area (Å²) in [6, 6.07) is -0.300. The summed E-state index contributed by atoms with van der Waals surface area (Å²) in [5.74, 6) is -0.490. The van der Waals surface area contributed by atoms with Crippen LogP contribution in [0.1, 0.15) is 40.5 Å². The highest BCUT2D eigenvalue weighted by Crippen LogP contribution is 2.14. The molecule has 0 spiro atoms. The fourth-order valence-corrected chi connectivity index (χ4v) is 2.14. The minimum absolute atomic E-state index is 0.0520. The summed E-state index contributed by atoms with van der Waals surface area (Å²) in [6.07, 6.45) is 0.841. The Bertz CT molecular complexity index is 316. The summed E-state index contributed by atoms with van der Waals surface area (Å²) in [5, 5.41) is 14.4. The Labute approximate surface area is 121 Å². The van der Waals surface area contributed by atoms with E-state index in [0.717, 1.165) is 6.42 Å². The van der Waals surface area contributed by atoms with Gasteiger partial charge in [-0.1, -0.05) is 13.8 Å². The van der Waals surface area contributed by atoms with Crippen molar-refractivity contribution < 1.29 is 19.4 Å². The van der Waals surface area contributed by atoms with Gasteiger partial charge in [0.1, 0.15) is 0 Å². The first-order valence-electron chi connectivity index (χ1n) is 6.93. The highest BCUT2D eigenvalue weighted by molar-refractivity contribution is 5.74. The van der Waals surface area contributed by atoms with Gasteiger partial charge >= 0.3 is 12.0 Å². The molecule has 0 aromatic carbocycles. The van der Waals surface area contributed by atoms with Crippen LogP contribution in [-0.4, -0.2) is 42.9 Å². The van der Waals surface area contributed by atoms with Gasteiger partial charge in [0.25, 0.3) is 0 Å². The molecule has 2 amide bonds. The molecule has 3 N–H and O–H groups in total. The number of ether oxygens (including phenoxy) is 1. The molecule has 0 aromatic heterocycles. The van der Waals surface area contributed by atoms with Gasteiger partial charge in [0.2, 0.25) is 0 Å². The Morgan fingerprint density at radius 3 is 2.35 bits per heavy atom. The SMILES string of the molecule is COCC(C)(C)NC(=O)NCC(CC(=O)O)CC(C)C. The van der Waals surface area contributed by atoms with Gasteiger partial charge < -0.3 is 20.5 Å². The van der Waals surface area contributed by atoms with Crippen molar-refractivity contribution in [1.82, 2.24) is 10.6 Å². The zero-order chi connectivity index (χ0) is 15.8. The molecular formula is C14H28N2O4. The Kier molecular flexibility index (Phi) is 8.22. The molecular weight excluding hydrogens is 260 g/mol. The fraction of sp³-hybridized carbons (Fsp3) is 0.857. The number of hydrogen-bond acceptors (Lipinski definition) is 3. The topological polar surface area (TPSA) is 87.7 Å². The van der Waals surface area contributed by atoms with Crippen LogP contribution in [0.3, 0.4) is 0 Å². The van der Waals surface area contributed by atoms with Crippen LogP contribution < -0.4 is 10.6 Å². The van der Waals surface area contributed by atoms with Crippen LogP contribution in [0, 0.1) is 11.8 Å². The first-order chi connectivity index (χ1) is 9.16. The molecule has 118 valence electrons. The Balaban J connectivity index is 4.25. The highest BCUT2D eigenvalue weighted by atomic mass is 16.5. The third kappa shape index (κ3) is 9.61. The predicted molar refractivity (Wildman–Crippen MR) is 77.7 cm³/mol. The van der Waals surface area contributed by atoms with E-state index in [1.807, 2.05) is 27.7 Å². The molecule has 0 saturated carbocycles. The Morgan fingerprint density at radius 1 is 1.30 bits per heavy atom. The first-order valence-corrected chi connectivity index (χ1v) is 6.93. The second-order valence-electron chi connectivity index (χ2n) is 6.25. The molecule has 0 radical (unpaired) electrons. The van der Waals surface area contributed by atoms with Gasteiger partial charge in [-0.15, -0.1) is 0 Å². The van der Waals surface area contributed by atoms with Crippen LogP contribution in [0.25, 0.3) is 0 Å². The van der Waals surface area contributed by atoms with E-state index in [0.29, 0.717) is 19.1 Å². The Hall–Kier alpha value is -1.30. The Morgan fingerprint density at radius 2 is 1.90 bits per heavy atom. The van der Waals surface area contributed by atoms with Crippen LogP contribution in [0.5, 0.6) is 0 Å². The number of aliphatic carboxylic acids is 1. The number of rotatable bonds is 9. The standard InChI is InChI=1S/C14H28N2O4/c1-10(2)6-11(7-12(17)18)8-15-13(19)16-14(3,4)9-20-5/h10-11H,6-9H2,1-5H3,(H,17,18)(H2,15,16,19). The van der Waals surface area contributed by atoms with Gasteiger partial charge in [0.15, 0.2) is 0 Å². The summed E-state index contributed by atoms with van der Waals surface area (Å²) < 4.78 is 5.02. The largest absolute Gasteiger partial charge is 0.481 e. The number of carbonyl (C=O) groups is 2. The van der Waals surface area contributed by atoms with Crippen LogP contribution in [0.4, 0.5) is 4.79 Å². The third-order valence-corrected chi connectivity index (χ3v) is 2.78. The predicted octanol–water partition coefficient (Wildman–Crippen LogP) is 1.85. The maximum Gasteiger partial charge on any atom is 0.315 e. The molecule has 1 unspecified atom stereocenters. The third-order valence-electron chi connectivity index (χ3n) is 2.78. The molecule has 1 atom stereocenters. The smallest absolute Gasteiger partial charge is 0.315 e. The maximum absolute atomic E-state index is 11.8. The van der Waals surface area contributed by atoms with E-state index in [2.05, 4.69) is 10.6 Å². The average Bonchev–Trinajstić information content (AvgIpc) is 2.23. The summed E-state index contributed by atoms with van der Waals surface area (Å²) in [5.41, 5.74) is -0.459. The molecule has 6 nitrogen and oxygen atoms in total.